The number of ether oxygens (including phenoxy) is 1. The van der Waals surface area contributed by atoms with Crippen molar-refractivity contribution >= 4 is 17.9 Å². The van der Waals surface area contributed by atoms with Gasteiger partial charge in [0.05, 0.1) is 12.7 Å². The summed E-state index contributed by atoms with van der Waals surface area (Å²) in [4.78, 5) is 10.6. The van der Waals surface area contributed by atoms with Gasteiger partial charge < -0.3 is 4.74 Å². The van der Waals surface area contributed by atoms with Crippen LogP contribution in [0.3, 0.4) is 0 Å². The van der Waals surface area contributed by atoms with E-state index in [1.54, 1.807) is 25.3 Å². The summed E-state index contributed by atoms with van der Waals surface area (Å²) < 4.78 is 5.12. The zero-order chi connectivity index (χ0) is 11.1. The van der Waals surface area contributed by atoms with E-state index < -0.39 is 0 Å². The Labute approximate surface area is 94.2 Å². The number of benzene rings is 1. The van der Waals surface area contributed by atoms with E-state index in [0.29, 0.717) is 29.2 Å². The van der Waals surface area contributed by atoms with Gasteiger partial charge in [0.25, 0.3) is 0 Å². The van der Waals surface area contributed by atoms with Crippen LogP contribution < -0.4 is 4.74 Å². The van der Waals surface area contributed by atoms with Crippen molar-refractivity contribution in [1.82, 2.24) is 0 Å². The summed E-state index contributed by atoms with van der Waals surface area (Å²) in [7, 11) is 1.57. The second-order valence-corrected chi connectivity index (χ2v) is 3.20. The minimum absolute atomic E-state index is 0.503. The van der Waals surface area contributed by atoms with Gasteiger partial charge in [0.1, 0.15) is 12.0 Å². The maximum absolute atomic E-state index is 10.6. The van der Waals surface area contributed by atoms with Crippen molar-refractivity contribution in [3.05, 3.63) is 29.3 Å². The van der Waals surface area contributed by atoms with E-state index in [9.17, 15) is 4.79 Å². The number of alkyl halides is 1. The molecule has 0 saturated heterocycles. The Balaban J connectivity index is 3.02. The minimum Gasteiger partial charge on any atom is -0.495 e. The normalized spacial score (nSPS) is 8.93. The first kappa shape index (κ1) is 11.6. The summed E-state index contributed by atoms with van der Waals surface area (Å²) in [6, 6.07) is 5.13. The molecule has 0 fully saturated rings. The quantitative estimate of drug-likeness (QED) is 0.446. The van der Waals surface area contributed by atoms with Crippen LogP contribution in [0.1, 0.15) is 22.3 Å². The Morgan fingerprint density at radius 2 is 2.33 bits per heavy atom. The molecule has 0 heterocycles. The van der Waals surface area contributed by atoms with Crippen molar-refractivity contribution in [1.29, 1.82) is 0 Å². The van der Waals surface area contributed by atoms with Crippen molar-refractivity contribution in [2.75, 3.05) is 13.0 Å². The van der Waals surface area contributed by atoms with Gasteiger partial charge in [0.2, 0.25) is 0 Å². The van der Waals surface area contributed by atoms with Crippen LogP contribution in [0.4, 0.5) is 0 Å². The van der Waals surface area contributed by atoms with E-state index in [1.807, 2.05) is 0 Å². The smallest absolute Gasteiger partial charge is 0.150 e. The molecule has 2 nitrogen and oxygen atoms in total. The van der Waals surface area contributed by atoms with E-state index in [-0.39, 0.29) is 0 Å². The molecule has 0 amide bonds. The summed E-state index contributed by atoms with van der Waals surface area (Å²) >= 11 is 5.51. The van der Waals surface area contributed by atoms with Crippen molar-refractivity contribution < 1.29 is 9.53 Å². The topological polar surface area (TPSA) is 26.3 Å². The number of methoxy groups -OCH3 is 1. The number of carbonyl (C=O) groups is 1. The fraction of sp³-hybridized carbons (Fsp3) is 0.250. The van der Waals surface area contributed by atoms with Gasteiger partial charge in [-0.25, -0.2) is 0 Å². The molecule has 1 rings (SSSR count). The monoisotopic (exact) mass is 222 g/mol. The lowest BCUT2D eigenvalue weighted by molar-refractivity contribution is 0.112. The summed E-state index contributed by atoms with van der Waals surface area (Å²) in [5, 5.41) is 0. The van der Waals surface area contributed by atoms with Crippen LogP contribution in [0, 0.1) is 11.8 Å². The molecular weight excluding hydrogens is 212 g/mol. The number of rotatable bonds is 3. The van der Waals surface area contributed by atoms with Crippen molar-refractivity contribution in [2.45, 2.75) is 6.42 Å². The first-order valence-corrected chi connectivity index (χ1v) is 5.03. The number of carbonyl (C=O) groups excluding carboxylic acids is 1. The van der Waals surface area contributed by atoms with Crippen LogP contribution in [0.25, 0.3) is 0 Å². The third-order valence-corrected chi connectivity index (χ3v) is 1.99. The Kier molecular flexibility index (Phi) is 4.73. The molecule has 0 aromatic heterocycles. The first-order chi connectivity index (χ1) is 7.31. The van der Waals surface area contributed by atoms with Crippen molar-refractivity contribution in [2.24, 2.45) is 0 Å². The van der Waals surface area contributed by atoms with E-state index in [4.69, 9.17) is 16.3 Å². The van der Waals surface area contributed by atoms with Gasteiger partial charge in [-0.1, -0.05) is 11.8 Å². The number of halogens is 1. The molecular formula is C12H11ClO2. The maximum atomic E-state index is 10.6. The Morgan fingerprint density at radius 3 is 2.93 bits per heavy atom. The Hall–Kier alpha value is -1.46. The third-order valence-electron chi connectivity index (χ3n) is 1.80. The molecule has 0 spiro atoms. The van der Waals surface area contributed by atoms with Gasteiger partial charge in [-0.05, 0) is 18.2 Å². The highest BCUT2D eigenvalue weighted by molar-refractivity contribution is 6.18. The Morgan fingerprint density at radius 1 is 1.53 bits per heavy atom. The molecule has 0 saturated carbocycles. The van der Waals surface area contributed by atoms with Crippen LogP contribution >= 0.6 is 11.6 Å². The van der Waals surface area contributed by atoms with E-state index in [2.05, 4.69) is 11.8 Å². The number of hydrogen-bond donors (Lipinski definition) is 0. The third kappa shape index (κ3) is 3.30. The molecule has 0 N–H and O–H groups in total. The van der Waals surface area contributed by atoms with Crippen LogP contribution in [0.2, 0.25) is 0 Å². The molecule has 1 aromatic rings. The number of hydrogen-bond acceptors (Lipinski definition) is 2. The highest BCUT2D eigenvalue weighted by atomic mass is 35.5. The molecule has 0 radical (unpaired) electrons. The van der Waals surface area contributed by atoms with E-state index in [1.165, 1.54) is 0 Å². The van der Waals surface area contributed by atoms with Gasteiger partial charge in [0.15, 0.2) is 0 Å². The molecule has 78 valence electrons. The molecule has 3 heteroatoms. The highest BCUT2D eigenvalue weighted by Crippen LogP contribution is 2.17. The zero-order valence-corrected chi connectivity index (χ0v) is 9.17. The maximum Gasteiger partial charge on any atom is 0.150 e. The summed E-state index contributed by atoms with van der Waals surface area (Å²) in [6.45, 7) is 0. The second-order valence-electron chi connectivity index (χ2n) is 2.82. The van der Waals surface area contributed by atoms with Crippen molar-refractivity contribution in [3.8, 4) is 17.6 Å². The molecule has 15 heavy (non-hydrogen) atoms. The summed E-state index contributed by atoms with van der Waals surface area (Å²) in [5.74, 6) is 6.99. The van der Waals surface area contributed by atoms with E-state index in [0.717, 1.165) is 6.29 Å². The lowest BCUT2D eigenvalue weighted by Crippen LogP contribution is -1.90. The molecule has 0 bridgehead atoms. The van der Waals surface area contributed by atoms with Crippen LogP contribution in [0.5, 0.6) is 5.75 Å². The average Bonchev–Trinajstić information content (AvgIpc) is 2.29. The molecule has 0 aliphatic rings. The first-order valence-electron chi connectivity index (χ1n) is 4.50. The average molecular weight is 223 g/mol. The fourth-order valence-corrected chi connectivity index (χ4v) is 1.20. The number of aldehydes is 1. The molecule has 1 aromatic carbocycles. The van der Waals surface area contributed by atoms with Crippen LogP contribution in [0.15, 0.2) is 18.2 Å². The predicted octanol–water partition coefficient (Wildman–Crippen LogP) is 2.49. The SMILES string of the molecule is COc1ccc(C=O)cc1C#CCCCl. The minimum atomic E-state index is 0.503. The predicted molar refractivity (Wildman–Crippen MR) is 60.6 cm³/mol. The van der Waals surface area contributed by atoms with Gasteiger partial charge in [-0.15, -0.1) is 11.6 Å². The summed E-state index contributed by atoms with van der Waals surface area (Å²) in [5.41, 5.74) is 1.30. The van der Waals surface area contributed by atoms with Gasteiger partial charge >= 0.3 is 0 Å². The lowest BCUT2D eigenvalue weighted by atomic mass is 10.1. The van der Waals surface area contributed by atoms with Crippen molar-refractivity contribution in [3.63, 3.8) is 0 Å². The van der Waals surface area contributed by atoms with Gasteiger partial charge in [-0.3, -0.25) is 4.79 Å². The highest BCUT2D eigenvalue weighted by Gasteiger charge is 2.00. The Bertz CT molecular complexity index is 402. The standard InChI is InChI=1S/C12H11ClO2/c1-15-12-6-5-10(9-14)8-11(12)4-2-3-7-13/h5-6,8-9H,3,7H2,1H3. The molecule has 0 aliphatic carbocycles. The van der Waals surface area contributed by atoms with E-state index >= 15 is 0 Å². The van der Waals surface area contributed by atoms with Crippen LogP contribution in [-0.2, 0) is 0 Å². The zero-order valence-electron chi connectivity index (χ0n) is 8.42. The lowest BCUT2D eigenvalue weighted by Gasteiger charge is -2.02. The largest absolute Gasteiger partial charge is 0.495 e. The summed E-state index contributed by atoms with van der Waals surface area (Å²) in [6.07, 6.45) is 1.40. The fourth-order valence-electron chi connectivity index (χ4n) is 1.10. The molecule has 0 unspecified atom stereocenters. The van der Waals surface area contributed by atoms with Gasteiger partial charge in [0, 0.05) is 17.9 Å². The second kappa shape index (κ2) is 6.10. The van der Waals surface area contributed by atoms with Gasteiger partial charge in [-0.2, -0.15) is 0 Å². The molecule has 0 atom stereocenters. The van der Waals surface area contributed by atoms with Crippen LogP contribution in [-0.4, -0.2) is 19.3 Å². The molecule has 0 aliphatic heterocycles.